The van der Waals surface area contributed by atoms with E-state index in [0.717, 1.165) is 44.9 Å². The Hall–Kier alpha value is -0.760. The summed E-state index contributed by atoms with van der Waals surface area (Å²) in [6, 6.07) is -0.837. The number of hydrogen-bond donors (Lipinski definition) is 3. The van der Waals surface area contributed by atoms with Gasteiger partial charge in [-0.25, -0.2) is 4.57 Å². The van der Waals surface area contributed by atoms with Crippen LogP contribution in [0.4, 0.5) is 0 Å². The molecule has 0 saturated heterocycles. The van der Waals surface area contributed by atoms with E-state index in [1.54, 1.807) is 6.08 Å². The number of likely N-dealkylation sites (N-methyl/N-ethyl adjacent to an activating group) is 1. The summed E-state index contributed by atoms with van der Waals surface area (Å²) in [5.41, 5.74) is 0. The van der Waals surface area contributed by atoms with Gasteiger partial charge in [-0.05, 0) is 19.3 Å². The molecule has 8 nitrogen and oxygen atoms in total. The lowest BCUT2D eigenvalue weighted by molar-refractivity contribution is -0.870. The quantitative estimate of drug-likeness (QED) is 0.0250. The van der Waals surface area contributed by atoms with Gasteiger partial charge in [-0.1, -0.05) is 187 Å². The molecule has 0 spiro atoms. The van der Waals surface area contributed by atoms with Crippen LogP contribution in [-0.4, -0.2) is 73.4 Å². The highest BCUT2D eigenvalue weighted by Gasteiger charge is 2.27. The summed E-state index contributed by atoms with van der Waals surface area (Å²) >= 11 is 0. The highest BCUT2D eigenvalue weighted by atomic mass is 31.2. The number of quaternary nitrogens is 1. The second-order valence-corrected chi connectivity index (χ2v) is 17.5. The van der Waals surface area contributed by atoms with Gasteiger partial charge >= 0.3 is 7.82 Å². The SMILES string of the molecule is CCCCCC/C=C/C(O)C(COP(=O)(O)OCC[N+](C)(C)C)NC(=O)CCCCCCCCCCCCCCCCCCCCCCCCC. The molecule has 0 fully saturated rings. The van der Waals surface area contributed by atoms with Crippen molar-refractivity contribution in [1.82, 2.24) is 5.32 Å². The molecule has 51 heavy (non-hydrogen) atoms. The monoisotopic (exact) mass is 746 g/mol. The lowest BCUT2D eigenvalue weighted by atomic mass is 10.0. The number of nitrogens with zero attached hydrogens (tertiary/aromatic N) is 1. The number of nitrogens with one attached hydrogen (secondary N) is 1. The summed E-state index contributed by atoms with van der Waals surface area (Å²) in [7, 11) is 1.58. The summed E-state index contributed by atoms with van der Waals surface area (Å²) in [6.45, 7) is 4.74. The molecule has 0 aliphatic rings. The standard InChI is InChI=1S/C42H85N2O6P/c1-6-8-10-12-14-15-16-17-18-19-20-21-22-23-24-25-26-27-28-29-30-32-34-36-42(46)43-40(41(45)35-33-31-13-11-9-7-2)39-50-51(47,48)49-38-37-44(3,4)5/h33,35,40-41,45H,6-32,34,36-39H2,1-5H3,(H-,43,46,47,48)/p+1/b35-33+. The molecular weight excluding hydrogens is 659 g/mol. The average molecular weight is 746 g/mol. The van der Waals surface area contributed by atoms with Crippen LogP contribution < -0.4 is 5.32 Å². The third-order valence-corrected chi connectivity index (χ3v) is 10.7. The van der Waals surface area contributed by atoms with Gasteiger partial charge in [0.15, 0.2) is 0 Å². The number of carbonyl (C=O) groups excluding carboxylic acids is 1. The van der Waals surface area contributed by atoms with Gasteiger partial charge < -0.3 is 19.8 Å². The fraction of sp³-hybridized carbons (Fsp3) is 0.929. The molecule has 0 aromatic heterocycles. The maximum absolute atomic E-state index is 12.8. The maximum atomic E-state index is 12.8. The molecule has 0 aliphatic heterocycles. The Morgan fingerprint density at radius 2 is 1.04 bits per heavy atom. The second kappa shape index (κ2) is 35.0. The number of unbranched alkanes of at least 4 members (excludes halogenated alkanes) is 26. The van der Waals surface area contributed by atoms with E-state index in [4.69, 9.17) is 9.05 Å². The van der Waals surface area contributed by atoms with Crippen LogP contribution in [0, 0.1) is 0 Å². The molecule has 0 heterocycles. The summed E-state index contributed by atoms with van der Waals surface area (Å²) in [4.78, 5) is 22.9. The summed E-state index contributed by atoms with van der Waals surface area (Å²) in [5.74, 6) is -0.179. The second-order valence-electron chi connectivity index (χ2n) is 16.1. The zero-order valence-corrected chi connectivity index (χ0v) is 35.3. The minimum Gasteiger partial charge on any atom is -0.387 e. The Bertz CT molecular complexity index is 850. The molecule has 0 aliphatic carbocycles. The van der Waals surface area contributed by atoms with E-state index < -0.39 is 20.0 Å². The Morgan fingerprint density at radius 3 is 1.45 bits per heavy atom. The van der Waals surface area contributed by atoms with E-state index in [1.165, 1.54) is 135 Å². The Balaban J connectivity index is 4.05. The zero-order valence-electron chi connectivity index (χ0n) is 34.4. The van der Waals surface area contributed by atoms with E-state index in [0.29, 0.717) is 17.4 Å². The molecule has 0 aromatic rings. The third-order valence-electron chi connectivity index (χ3n) is 9.76. The van der Waals surface area contributed by atoms with Crippen molar-refractivity contribution in [2.75, 3.05) is 40.9 Å². The largest absolute Gasteiger partial charge is 0.472 e. The molecule has 3 unspecified atom stereocenters. The van der Waals surface area contributed by atoms with Crippen molar-refractivity contribution < 1.29 is 32.9 Å². The van der Waals surface area contributed by atoms with E-state index in [-0.39, 0.29) is 19.1 Å². The van der Waals surface area contributed by atoms with Crippen molar-refractivity contribution in [2.45, 2.75) is 212 Å². The number of allylic oxidation sites excluding steroid dienone is 1. The first kappa shape index (κ1) is 50.2. The van der Waals surface area contributed by atoms with E-state index in [1.807, 2.05) is 27.2 Å². The van der Waals surface area contributed by atoms with Crippen molar-refractivity contribution in [2.24, 2.45) is 0 Å². The van der Waals surface area contributed by atoms with Crippen LogP contribution in [0.1, 0.15) is 200 Å². The number of aliphatic hydroxyl groups excluding tert-OH is 1. The molecule has 0 aromatic carbocycles. The van der Waals surface area contributed by atoms with Crippen LogP contribution in [-0.2, 0) is 18.4 Å². The first-order valence-corrected chi connectivity index (χ1v) is 23.1. The molecular formula is C42H86N2O6P+. The Morgan fingerprint density at radius 1 is 0.647 bits per heavy atom. The van der Waals surface area contributed by atoms with Gasteiger partial charge in [0, 0.05) is 6.42 Å². The van der Waals surface area contributed by atoms with Gasteiger partial charge in [0.05, 0.1) is 39.9 Å². The lowest BCUT2D eigenvalue weighted by Crippen LogP contribution is -2.45. The maximum Gasteiger partial charge on any atom is 0.472 e. The van der Waals surface area contributed by atoms with Crippen molar-refractivity contribution in [3.8, 4) is 0 Å². The van der Waals surface area contributed by atoms with Gasteiger partial charge in [0.25, 0.3) is 0 Å². The number of rotatable bonds is 39. The van der Waals surface area contributed by atoms with Gasteiger partial charge in [0.2, 0.25) is 5.91 Å². The van der Waals surface area contributed by atoms with Crippen LogP contribution in [0.2, 0.25) is 0 Å². The molecule has 3 atom stereocenters. The summed E-state index contributed by atoms with van der Waals surface area (Å²) < 4.78 is 23.4. The highest BCUT2D eigenvalue weighted by molar-refractivity contribution is 7.47. The summed E-state index contributed by atoms with van der Waals surface area (Å²) in [5, 5.41) is 13.6. The number of amides is 1. The fourth-order valence-corrected chi connectivity index (χ4v) is 7.01. The van der Waals surface area contributed by atoms with Crippen LogP contribution in [0.25, 0.3) is 0 Å². The number of hydrogen-bond acceptors (Lipinski definition) is 5. The molecule has 0 bridgehead atoms. The normalized spacial score (nSPS) is 14.6. The number of phosphoric ester groups is 1. The van der Waals surface area contributed by atoms with Crippen molar-refractivity contribution in [3.63, 3.8) is 0 Å². The predicted octanol–water partition coefficient (Wildman–Crippen LogP) is 11.6. The topological polar surface area (TPSA) is 105 Å². The highest BCUT2D eigenvalue weighted by Crippen LogP contribution is 2.43. The van der Waals surface area contributed by atoms with E-state index in [2.05, 4.69) is 19.2 Å². The fourth-order valence-electron chi connectivity index (χ4n) is 6.28. The van der Waals surface area contributed by atoms with Gasteiger partial charge in [-0.3, -0.25) is 13.8 Å². The van der Waals surface area contributed by atoms with Gasteiger partial charge in [-0.2, -0.15) is 0 Å². The molecule has 0 radical (unpaired) electrons. The number of phosphoric acid groups is 1. The minimum atomic E-state index is -4.32. The first-order chi connectivity index (χ1) is 24.5. The van der Waals surface area contributed by atoms with Crippen LogP contribution in [0.15, 0.2) is 12.2 Å². The smallest absolute Gasteiger partial charge is 0.387 e. The average Bonchev–Trinajstić information content (AvgIpc) is 3.07. The zero-order chi connectivity index (χ0) is 37.9. The van der Waals surface area contributed by atoms with E-state index >= 15 is 0 Å². The van der Waals surface area contributed by atoms with Crippen molar-refractivity contribution in [3.05, 3.63) is 12.2 Å². The molecule has 9 heteroatoms. The van der Waals surface area contributed by atoms with Gasteiger partial charge in [-0.15, -0.1) is 0 Å². The number of carbonyl (C=O) groups is 1. The lowest BCUT2D eigenvalue weighted by Gasteiger charge is -2.25. The molecule has 0 saturated carbocycles. The number of aliphatic hydroxyl groups is 1. The molecule has 304 valence electrons. The third kappa shape index (κ3) is 37.4. The van der Waals surface area contributed by atoms with Crippen LogP contribution in [0.3, 0.4) is 0 Å². The first-order valence-electron chi connectivity index (χ1n) is 21.6. The Kier molecular flexibility index (Phi) is 34.5. The van der Waals surface area contributed by atoms with Crippen LogP contribution >= 0.6 is 7.82 Å². The summed E-state index contributed by atoms with van der Waals surface area (Å²) in [6.07, 6.45) is 38.9. The van der Waals surface area contributed by atoms with Crippen LogP contribution in [0.5, 0.6) is 0 Å². The Labute approximate surface area is 316 Å². The minimum absolute atomic E-state index is 0.0635. The molecule has 3 N–H and O–H groups in total. The van der Waals surface area contributed by atoms with Crippen molar-refractivity contribution >= 4 is 13.7 Å². The van der Waals surface area contributed by atoms with E-state index in [9.17, 15) is 19.4 Å². The predicted molar refractivity (Wildman–Crippen MR) is 217 cm³/mol. The van der Waals surface area contributed by atoms with Crippen molar-refractivity contribution in [1.29, 1.82) is 0 Å². The molecule has 0 rings (SSSR count). The van der Waals surface area contributed by atoms with Gasteiger partial charge in [0.1, 0.15) is 13.2 Å². The molecule has 1 amide bonds.